The molecule has 0 aliphatic rings. The minimum Gasteiger partial charge on any atom is -0.389 e. The number of thiocarbonyl (C=S) groups is 1. The number of hydrogen-bond acceptors (Lipinski definition) is 4. The normalized spacial score (nSPS) is 12.1. The van der Waals surface area contributed by atoms with Crippen molar-refractivity contribution >= 4 is 27.2 Å². The molecule has 118 valence electrons. The van der Waals surface area contributed by atoms with Gasteiger partial charge in [0.1, 0.15) is 4.99 Å². The summed E-state index contributed by atoms with van der Waals surface area (Å²) in [5.41, 5.74) is 6.89. The van der Waals surface area contributed by atoms with Gasteiger partial charge in [-0.15, -0.1) is 0 Å². The molecule has 0 fully saturated rings. The summed E-state index contributed by atoms with van der Waals surface area (Å²) in [7, 11) is 2.05. The minimum atomic E-state index is -3.48. The molecule has 0 amide bonds. The molecule has 0 radical (unpaired) electrons. The summed E-state index contributed by atoms with van der Waals surface area (Å²) in [4.78, 5) is 2.60. The second kappa shape index (κ2) is 7.31. The molecule has 0 saturated heterocycles. The topological polar surface area (TPSA) is 66.6 Å². The van der Waals surface area contributed by atoms with E-state index in [4.69, 9.17) is 18.0 Å². The van der Waals surface area contributed by atoms with Gasteiger partial charge in [-0.25, -0.2) is 12.7 Å². The van der Waals surface area contributed by atoms with Crippen molar-refractivity contribution in [2.24, 2.45) is 5.73 Å². The van der Waals surface area contributed by atoms with E-state index in [1.807, 2.05) is 19.0 Å². The van der Waals surface area contributed by atoms with Crippen LogP contribution in [0.5, 0.6) is 0 Å². The second-order valence-corrected chi connectivity index (χ2v) is 7.78. The molecule has 1 aromatic rings. The summed E-state index contributed by atoms with van der Waals surface area (Å²) in [5, 5.41) is 0. The number of benzene rings is 1. The number of hydrogen-bond donors (Lipinski definition) is 1. The highest BCUT2D eigenvalue weighted by atomic mass is 32.2. The van der Waals surface area contributed by atoms with Crippen LogP contribution < -0.4 is 5.73 Å². The van der Waals surface area contributed by atoms with Gasteiger partial charge in [0, 0.05) is 19.2 Å². The van der Waals surface area contributed by atoms with Gasteiger partial charge in [0.05, 0.1) is 4.90 Å². The van der Waals surface area contributed by atoms with Crippen molar-refractivity contribution in [3.8, 4) is 0 Å². The van der Waals surface area contributed by atoms with Crippen LogP contribution in [0.25, 0.3) is 0 Å². The Morgan fingerprint density at radius 2 is 1.86 bits per heavy atom. The van der Waals surface area contributed by atoms with Crippen LogP contribution in [0, 0.1) is 6.92 Å². The van der Waals surface area contributed by atoms with E-state index >= 15 is 0 Å². The summed E-state index contributed by atoms with van der Waals surface area (Å²) < 4.78 is 26.5. The van der Waals surface area contributed by atoms with Crippen LogP contribution in [0.1, 0.15) is 17.5 Å². The Morgan fingerprint density at radius 3 is 2.33 bits per heavy atom. The largest absolute Gasteiger partial charge is 0.389 e. The smallest absolute Gasteiger partial charge is 0.243 e. The van der Waals surface area contributed by atoms with Crippen molar-refractivity contribution in [3.63, 3.8) is 0 Å². The van der Waals surface area contributed by atoms with Gasteiger partial charge in [-0.1, -0.05) is 18.3 Å². The molecule has 0 bridgehead atoms. The van der Waals surface area contributed by atoms with E-state index in [9.17, 15) is 8.42 Å². The fraction of sp³-hybridized carbons (Fsp3) is 0.500. The maximum Gasteiger partial charge on any atom is 0.243 e. The van der Waals surface area contributed by atoms with Crippen molar-refractivity contribution in [1.29, 1.82) is 0 Å². The van der Waals surface area contributed by atoms with Crippen molar-refractivity contribution in [1.82, 2.24) is 9.21 Å². The zero-order valence-corrected chi connectivity index (χ0v) is 14.6. The summed E-state index contributed by atoms with van der Waals surface area (Å²) in [5.74, 6) is 0. The summed E-state index contributed by atoms with van der Waals surface area (Å²) >= 11 is 4.90. The van der Waals surface area contributed by atoms with Crippen molar-refractivity contribution in [2.75, 3.05) is 34.2 Å². The number of aryl methyl sites for hydroxylation is 1. The number of sulfonamides is 1. The Morgan fingerprint density at radius 1 is 1.24 bits per heavy atom. The van der Waals surface area contributed by atoms with Crippen molar-refractivity contribution in [3.05, 3.63) is 29.3 Å². The fourth-order valence-electron chi connectivity index (χ4n) is 1.99. The van der Waals surface area contributed by atoms with Gasteiger partial charge in [-0.05, 0) is 51.7 Å². The zero-order chi connectivity index (χ0) is 16.2. The van der Waals surface area contributed by atoms with E-state index in [1.54, 1.807) is 32.2 Å². The average molecular weight is 329 g/mol. The van der Waals surface area contributed by atoms with Gasteiger partial charge >= 0.3 is 0 Å². The zero-order valence-electron chi connectivity index (χ0n) is 13.0. The van der Waals surface area contributed by atoms with E-state index in [1.165, 1.54) is 4.31 Å². The predicted octanol–water partition coefficient (Wildman–Crippen LogP) is 1.20. The standard InChI is InChI=1S/C14H23N3O2S2/c1-11-10-12(14(15)20)6-7-13(11)21(18,19)17(4)9-5-8-16(2)3/h6-7,10H,5,8-9H2,1-4H3,(H2,15,20). The van der Waals surface area contributed by atoms with Gasteiger partial charge in [0.2, 0.25) is 10.0 Å². The first-order valence-corrected chi connectivity index (χ1v) is 8.52. The highest BCUT2D eigenvalue weighted by Gasteiger charge is 2.22. The third-order valence-electron chi connectivity index (χ3n) is 3.23. The quantitative estimate of drug-likeness (QED) is 0.762. The lowest BCUT2D eigenvalue weighted by atomic mass is 10.1. The Labute approximate surface area is 132 Å². The van der Waals surface area contributed by atoms with Crippen LogP contribution in [0.2, 0.25) is 0 Å². The Kier molecular flexibility index (Phi) is 6.27. The first-order chi connectivity index (χ1) is 9.66. The van der Waals surface area contributed by atoms with Gasteiger partial charge in [-0.3, -0.25) is 0 Å². The van der Waals surface area contributed by atoms with E-state index in [-0.39, 0.29) is 4.99 Å². The monoisotopic (exact) mass is 329 g/mol. The molecule has 1 aromatic carbocycles. The molecule has 0 heterocycles. The predicted molar refractivity (Wildman–Crippen MR) is 90.1 cm³/mol. The van der Waals surface area contributed by atoms with Crippen LogP contribution in [-0.2, 0) is 10.0 Å². The molecular formula is C14H23N3O2S2. The Hall–Kier alpha value is -1.02. The van der Waals surface area contributed by atoms with E-state index in [0.717, 1.165) is 13.0 Å². The molecule has 0 atom stereocenters. The van der Waals surface area contributed by atoms with E-state index in [0.29, 0.717) is 22.6 Å². The van der Waals surface area contributed by atoms with Gasteiger partial charge in [0.25, 0.3) is 0 Å². The third kappa shape index (κ3) is 4.74. The second-order valence-electron chi connectivity index (χ2n) is 5.33. The van der Waals surface area contributed by atoms with Gasteiger partial charge in [-0.2, -0.15) is 0 Å². The summed E-state index contributed by atoms with van der Waals surface area (Å²) in [6.45, 7) is 3.08. The number of rotatable bonds is 7. The maximum absolute atomic E-state index is 12.6. The molecule has 2 N–H and O–H groups in total. The Bertz CT molecular complexity index is 613. The van der Waals surface area contributed by atoms with Gasteiger partial charge in [0.15, 0.2) is 0 Å². The van der Waals surface area contributed by atoms with Crippen LogP contribution in [0.4, 0.5) is 0 Å². The molecule has 0 unspecified atom stereocenters. The van der Waals surface area contributed by atoms with Crippen LogP contribution in [0.15, 0.2) is 23.1 Å². The summed E-state index contributed by atoms with van der Waals surface area (Å²) in [6.07, 6.45) is 0.784. The van der Waals surface area contributed by atoms with Crippen molar-refractivity contribution < 1.29 is 8.42 Å². The molecule has 7 heteroatoms. The summed E-state index contributed by atoms with van der Waals surface area (Å²) in [6, 6.07) is 4.93. The molecule has 5 nitrogen and oxygen atoms in total. The average Bonchev–Trinajstić information content (AvgIpc) is 2.37. The SMILES string of the molecule is Cc1cc(C(N)=S)ccc1S(=O)(=O)N(C)CCCN(C)C. The molecule has 1 rings (SSSR count). The number of nitrogens with two attached hydrogens (primary N) is 1. The van der Waals surface area contributed by atoms with Crippen LogP contribution >= 0.6 is 12.2 Å². The number of nitrogens with zero attached hydrogens (tertiary/aromatic N) is 2. The minimum absolute atomic E-state index is 0.265. The van der Waals surface area contributed by atoms with Crippen LogP contribution in [-0.4, -0.2) is 56.8 Å². The van der Waals surface area contributed by atoms with E-state index < -0.39 is 10.0 Å². The molecule has 0 spiro atoms. The fourth-order valence-corrected chi connectivity index (χ4v) is 3.53. The Balaban J connectivity index is 2.94. The lowest BCUT2D eigenvalue weighted by molar-refractivity contribution is 0.370. The molecular weight excluding hydrogens is 306 g/mol. The molecule has 0 aromatic heterocycles. The maximum atomic E-state index is 12.6. The van der Waals surface area contributed by atoms with Gasteiger partial charge < -0.3 is 10.6 Å². The highest BCUT2D eigenvalue weighted by Crippen LogP contribution is 2.20. The third-order valence-corrected chi connectivity index (χ3v) is 5.48. The highest BCUT2D eigenvalue weighted by molar-refractivity contribution is 7.89. The van der Waals surface area contributed by atoms with E-state index in [2.05, 4.69) is 0 Å². The van der Waals surface area contributed by atoms with Crippen LogP contribution in [0.3, 0.4) is 0 Å². The molecule has 0 aliphatic heterocycles. The first-order valence-electron chi connectivity index (χ1n) is 6.67. The molecule has 0 saturated carbocycles. The molecule has 0 aliphatic carbocycles. The first kappa shape index (κ1) is 18.0. The lowest BCUT2D eigenvalue weighted by Crippen LogP contribution is -2.30. The molecule has 21 heavy (non-hydrogen) atoms. The van der Waals surface area contributed by atoms with Crippen molar-refractivity contribution in [2.45, 2.75) is 18.2 Å². The lowest BCUT2D eigenvalue weighted by Gasteiger charge is -2.20.